The number of aryl methyl sites for hydroxylation is 1. The van der Waals surface area contributed by atoms with Crippen LogP contribution < -0.4 is 10.7 Å². The van der Waals surface area contributed by atoms with Crippen LogP contribution in [0.5, 0.6) is 0 Å². The first-order valence-corrected chi connectivity index (χ1v) is 12.5. The second kappa shape index (κ2) is 10.8. The minimum atomic E-state index is -0.795. The zero-order chi connectivity index (χ0) is 26.8. The molecule has 8 nitrogen and oxygen atoms in total. The van der Waals surface area contributed by atoms with Crippen LogP contribution in [0, 0.1) is 0 Å². The van der Waals surface area contributed by atoms with Crippen molar-refractivity contribution in [1.29, 1.82) is 0 Å². The molecule has 1 amide bonds. The number of amides is 1. The molecule has 0 spiro atoms. The van der Waals surface area contributed by atoms with Crippen molar-refractivity contribution >= 4 is 39.5 Å². The number of carbonyl (C=O) groups excluding carboxylic acids is 1. The summed E-state index contributed by atoms with van der Waals surface area (Å²) in [6, 6.07) is 20.3. The normalized spacial score (nSPS) is 12.3. The summed E-state index contributed by atoms with van der Waals surface area (Å²) in [5, 5.41) is 15.5. The molecular weight excluding hydrogens is 504 g/mol. The molecule has 2 aromatic carbocycles. The molecule has 38 heavy (non-hydrogen) atoms. The number of carbonyl (C=O) groups is 1. The van der Waals surface area contributed by atoms with Crippen LogP contribution in [-0.4, -0.2) is 39.1 Å². The fraction of sp³-hybridized carbons (Fsp3) is 0.207. The van der Waals surface area contributed by atoms with Gasteiger partial charge in [0.2, 0.25) is 11.1 Å². The summed E-state index contributed by atoms with van der Waals surface area (Å²) in [4.78, 5) is 32.4. The summed E-state index contributed by atoms with van der Waals surface area (Å²) in [6.07, 6.45) is 0.685. The Morgan fingerprint density at radius 2 is 1.92 bits per heavy atom. The van der Waals surface area contributed by atoms with Crippen LogP contribution in [0.2, 0.25) is 5.02 Å². The molecule has 0 aliphatic heterocycles. The van der Waals surface area contributed by atoms with E-state index in [9.17, 15) is 14.7 Å². The van der Waals surface area contributed by atoms with Gasteiger partial charge in [-0.15, -0.1) is 0 Å². The number of likely N-dealkylation sites (N-methyl/N-ethyl adjacent to an activating group) is 1. The number of furan rings is 1. The first kappa shape index (κ1) is 25.7. The van der Waals surface area contributed by atoms with Gasteiger partial charge in [-0.25, -0.2) is 0 Å². The molecule has 2 N–H and O–H groups in total. The number of para-hydroxylation sites is 1. The van der Waals surface area contributed by atoms with Crippen molar-refractivity contribution in [1.82, 2.24) is 19.8 Å². The van der Waals surface area contributed by atoms with E-state index in [1.54, 1.807) is 29.8 Å². The van der Waals surface area contributed by atoms with Crippen LogP contribution in [0.4, 0.5) is 0 Å². The number of nitrogens with zero attached hydrogens (tertiary/aromatic N) is 3. The molecule has 0 saturated carbocycles. The third kappa shape index (κ3) is 5.47. The zero-order valence-electron chi connectivity index (χ0n) is 21.0. The lowest BCUT2D eigenvalue weighted by atomic mass is 10.1. The van der Waals surface area contributed by atoms with Crippen molar-refractivity contribution in [2.45, 2.75) is 19.2 Å². The fourth-order valence-corrected chi connectivity index (χ4v) is 4.54. The number of aliphatic hydroxyl groups excluding tert-OH is 1. The summed E-state index contributed by atoms with van der Waals surface area (Å²) < 4.78 is 7.58. The second-order valence-corrected chi connectivity index (χ2v) is 9.80. The van der Waals surface area contributed by atoms with E-state index >= 15 is 0 Å². The van der Waals surface area contributed by atoms with Gasteiger partial charge in [-0.1, -0.05) is 48.0 Å². The quantitative estimate of drug-likeness (QED) is 0.308. The van der Waals surface area contributed by atoms with E-state index in [1.807, 2.05) is 60.5 Å². The van der Waals surface area contributed by atoms with Crippen molar-refractivity contribution in [3.8, 4) is 0 Å². The molecule has 0 bridgehead atoms. The molecule has 1 unspecified atom stereocenters. The van der Waals surface area contributed by atoms with E-state index in [2.05, 4.69) is 10.3 Å². The maximum atomic E-state index is 13.1. The van der Waals surface area contributed by atoms with E-state index in [0.29, 0.717) is 40.7 Å². The molecule has 0 aliphatic carbocycles. The summed E-state index contributed by atoms with van der Waals surface area (Å²) in [5.74, 6) is 0.0842. The number of aliphatic hydroxyl groups is 1. The van der Waals surface area contributed by atoms with Gasteiger partial charge in [-0.3, -0.25) is 19.5 Å². The summed E-state index contributed by atoms with van der Waals surface area (Å²) >= 11 is 5.91. The van der Waals surface area contributed by atoms with Gasteiger partial charge in [0, 0.05) is 36.7 Å². The van der Waals surface area contributed by atoms with E-state index < -0.39 is 17.4 Å². The zero-order valence-corrected chi connectivity index (χ0v) is 21.8. The third-order valence-electron chi connectivity index (χ3n) is 6.38. The van der Waals surface area contributed by atoms with E-state index in [4.69, 9.17) is 16.0 Å². The first-order chi connectivity index (χ1) is 18.3. The number of benzene rings is 2. The highest BCUT2D eigenvalue weighted by molar-refractivity contribution is 6.30. The van der Waals surface area contributed by atoms with Gasteiger partial charge in [0.1, 0.15) is 17.4 Å². The highest BCUT2D eigenvalue weighted by atomic mass is 35.5. The van der Waals surface area contributed by atoms with E-state index in [0.717, 1.165) is 16.5 Å². The first-order valence-electron chi connectivity index (χ1n) is 12.2. The summed E-state index contributed by atoms with van der Waals surface area (Å²) in [7, 11) is 3.58. The molecule has 3 aromatic heterocycles. The minimum Gasteiger partial charge on any atom is -0.443 e. The SMILES string of the molecule is CN(Cc1cc2c(=O)c(C(=O)NCc3ccc(Cl)cc3)cn(C)c2o1)CC(O)c1ccc2ccccc2n1. The number of halogens is 1. The van der Waals surface area contributed by atoms with Gasteiger partial charge >= 0.3 is 0 Å². The standard InChI is InChI=1S/C29H27ClN4O4/c1-33(17-26(35)25-12-9-19-5-3-4-6-24(19)32-25)15-21-13-22-27(36)23(16-34(2)29(22)38-21)28(37)31-14-18-7-10-20(30)11-8-18/h3-13,16,26,35H,14-15,17H2,1-2H3,(H,31,37). The molecular formula is C29H27ClN4O4. The van der Waals surface area contributed by atoms with Crippen molar-refractivity contribution < 1.29 is 14.3 Å². The molecule has 0 radical (unpaired) electrons. The van der Waals surface area contributed by atoms with Crippen LogP contribution in [0.25, 0.3) is 22.0 Å². The number of aromatic nitrogens is 2. The van der Waals surface area contributed by atoms with Crippen LogP contribution in [-0.2, 0) is 20.1 Å². The van der Waals surface area contributed by atoms with Gasteiger partial charge < -0.3 is 19.4 Å². The van der Waals surface area contributed by atoms with Gasteiger partial charge in [0.25, 0.3) is 5.91 Å². The number of hydrogen-bond donors (Lipinski definition) is 2. The highest BCUT2D eigenvalue weighted by Crippen LogP contribution is 2.21. The third-order valence-corrected chi connectivity index (χ3v) is 6.63. The summed E-state index contributed by atoms with van der Waals surface area (Å²) in [6.45, 7) is 0.945. The molecule has 9 heteroatoms. The largest absolute Gasteiger partial charge is 0.443 e. The number of fused-ring (bicyclic) bond motifs is 2. The Kier molecular flexibility index (Phi) is 7.28. The topological polar surface area (TPSA) is 101 Å². The Balaban J connectivity index is 1.29. The number of pyridine rings is 2. The number of nitrogens with one attached hydrogen (secondary N) is 1. The maximum absolute atomic E-state index is 13.1. The van der Waals surface area contributed by atoms with Gasteiger partial charge in [0.05, 0.1) is 23.1 Å². The van der Waals surface area contributed by atoms with Crippen molar-refractivity contribution in [2.75, 3.05) is 13.6 Å². The Labute approximate surface area is 224 Å². The van der Waals surface area contributed by atoms with Gasteiger partial charge in [0.15, 0.2) is 0 Å². The Hall–Kier alpha value is -3.98. The monoisotopic (exact) mass is 530 g/mol. The molecule has 0 aliphatic rings. The smallest absolute Gasteiger partial charge is 0.257 e. The Bertz CT molecular complexity index is 1680. The fourth-order valence-electron chi connectivity index (χ4n) is 4.42. The predicted molar refractivity (Wildman–Crippen MR) is 147 cm³/mol. The van der Waals surface area contributed by atoms with Crippen molar-refractivity contribution in [2.24, 2.45) is 7.05 Å². The molecule has 0 fully saturated rings. The van der Waals surface area contributed by atoms with Crippen LogP contribution in [0.3, 0.4) is 0 Å². The molecule has 1 atom stereocenters. The van der Waals surface area contributed by atoms with Crippen LogP contribution in [0.15, 0.2) is 82.1 Å². The number of hydrogen-bond acceptors (Lipinski definition) is 6. The van der Waals surface area contributed by atoms with Crippen molar-refractivity contribution in [3.63, 3.8) is 0 Å². The average molecular weight is 531 g/mol. The Morgan fingerprint density at radius 3 is 2.71 bits per heavy atom. The average Bonchev–Trinajstić information content (AvgIpc) is 3.34. The molecule has 5 aromatic rings. The van der Waals surface area contributed by atoms with E-state index in [1.165, 1.54) is 6.20 Å². The van der Waals surface area contributed by atoms with Crippen LogP contribution in [0.1, 0.15) is 33.5 Å². The second-order valence-electron chi connectivity index (χ2n) is 9.36. The highest BCUT2D eigenvalue weighted by Gasteiger charge is 2.19. The molecule has 194 valence electrons. The molecule has 5 rings (SSSR count). The lowest BCUT2D eigenvalue weighted by Crippen LogP contribution is -2.29. The van der Waals surface area contributed by atoms with E-state index in [-0.39, 0.29) is 12.1 Å². The predicted octanol–water partition coefficient (Wildman–Crippen LogP) is 4.43. The lowest BCUT2D eigenvalue weighted by molar-refractivity contribution is 0.0949. The van der Waals surface area contributed by atoms with Gasteiger partial charge in [-0.2, -0.15) is 0 Å². The lowest BCUT2D eigenvalue weighted by Gasteiger charge is -2.19. The maximum Gasteiger partial charge on any atom is 0.257 e. The van der Waals surface area contributed by atoms with Crippen LogP contribution >= 0.6 is 11.6 Å². The number of rotatable bonds is 8. The van der Waals surface area contributed by atoms with Gasteiger partial charge in [-0.05, 0) is 42.9 Å². The molecule has 3 heterocycles. The minimum absolute atomic E-state index is 0.0347. The molecule has 0 saturated heterocycles. The Morgan fingerprint density at radius 1 is 1.16 bits per heavy atom. The van der Waals surface area contributed by atoms with Crippen molar-refractivity contribution in [3.05, 3.63) is 111 Å². The summed E-state index contributed by atoms with van der Waals surface area (Å²) in [5.41, 5.74) is 2.30.